The minimum absolute atomic E-state index is 0. The molecule has 0 radical (unpaired) electrons. The molecule has 0 heterocycles. The first kappa shape index (κ1) is 16.3. The Labute approximate surface area is 83.8 Å². The van der Waals surface area contributed by atoms with Gasteiger partial charge in [-0.3, -0.25) is 4.79 Å². The molecule has 0 bridgehead atoms. The second kappa shape index (κ2) is 11.3. The molecule has 0 spiro atoms. The van der Waals surface area contributed by atoms with Crippen molar-refractivity contribution in [1.29, 1.82) is 0 Å². The molecule has 0 aromatic rings. The molecule has 2 nitrogen and oxygen atoms in total. The van der Waals surface area contributed by atoms with Crippen LogP contribution in [-0.2, 0) is 9.59 Å². The minimum atomic E-state index is -1.33. The Balaban J connectivity index is -0.0000000720. The Bertz CT molecular complexity index is 73.0. The van der Waals surface area contributed by atoms with Gasteiger partial charge in [0, 0.05) is 6.92 Å². The van der Waals surface area contributed by atoms with Gasteiger partial charge in [0.2, 0.25) is 0 Å². The molecule has 0 N–H and O–H groups in total. The SMILES string of the molecule is CC(=O)F.CC(C)=O.[CaH2]. The van der Waals surface area contributed by atoms with Crippen LogP contribution in [0.4, 0.5) is 4.39 Å². The Morgan fingerprint density at radius 3 is 1.11 bits per heavy atom. The van der Waals surface area contributed by atoms with Crippen molar-refractivity contribution in [2.45, 2.75) is 20.8 Å². The standard InChI is InChI=1S/C3H6O.C2H3FO.Ca.2H/c1-3(2)4;1-2(3)4;;;/h1-2H3;1H3;;;. The molecule has 0 amide bonds. The summed E-state index contributed by atoms with van der Waals surface area (Å²) in [5.41, 5.74) is 0. The number of hydrogen-bond acceptors (Lipinski definition) is 2. The quantitative estimate of drug-likeness (QED) is 0.376. The van der Waals surface area contributed by atoms with Crippen LogP contribution in [0.2, 0.25) is 0 Å². The predicted octanol–water partition coefficient (Wildman–Crippen LogP) is 0.181. The number of Topliss-reactive ketones (excluding diaryl/α,β-unsaturated/α-hetero) is 1. The third-order valence-corrected chi connectivity index (χ3v) is 0. The van der Waals surface area contributed by atoms with E-state index >= 15 is 0 Å². The maximum absolute atomic E-state index is 10.4. The van der Waals surface area contributed by atoms with Crippen LogP contribution in [0.5, 0.6) is 0 Å². The Hall–Kier alpha value is 0.530. The van der Waals surface area contributed by atoms with Gasteiger partial charge in [-0.25, -0.2) is 0 Å². The van der Waals surface area contributed by atoms with Crippen molar-refractivity contribution >= 4 is 49.6 Å². The van der Waals surface area contributed by atoms with Gasteiger partial charge >= 0.3 is 37.7 Å². The van der Waals surface area contributed by atoms with E-state index in [4.69, 9.17) is 4.79 Å². The van der Waals surface area contributed by atoms with Crippen molar-refractivity contribution in [1.82, 2.24) is 0 Å². The second-order valence-electron chi connectivity index (χ2n) is 1.38. The van der Waals surface area contributed by atoms with Crippen LogP contribution in [0, 0.1) is 0 Å². The van der Waals surface area contributed by atoms with E-state index in [1.807, 2.05) is 0 Å². The van der Waals surface area contributed by atoms with E-state index in [1.165, 1.54) is 13.8 Å². The summed E-state index contributed by atoms with van der Waals surface area (Å²) in [6.07, 6.45) is 0. The molecule has 4 heteroatoms. The summed E-state index contributed by atoms with van der Waals surface area (Å²) < 4.78 is 10.4. The van der Waals surface area contributed by atoms with E-state index in [0.29, 0.717) is 0 Å². The second-order valence-corrected chi connectivity index (χ2v) is 1.38. The maximum atomic E-state index is 10.4. The topological polar surface area (TPSA) is 34.1 Å². The van der Waals surface area contributed by atoms with Crippen LogP contribution in [0.3, 0.4) is 0 Å². The molecule has 0 aliphatic heterocycles. The van der Waals surface area contributed by atoms with Gasteiger partial charge < -0.3 is 4.79 Å². The number of hydrogen-bond donors (Lipinski definition) is 0. The van der Waals surface area contributed by atoms with Crippen LogP contribution >= 0.6 is 0 Å². The first-order valence-corrected chi connectivity index (χ1v) is 2.10. The van der Waals surface area contributed by atoms with Gasteiger partial charge in [0.15, 0.2) is 0 Å². The third kappa shape index (κ3) is 1300. The fourth-order valence-corrected chi connectivity index (χ4v) is 0. The first-order chi connectivity index (χ1) is 3.46. The normalized spacial score (nSPS) is 5.78. The van der Waals surface area contributed by atoms with Gasteiger partial charge in [-0.2, -0.15) is 4.39 Å². The summed E-state index contributed by atoms with van der Waals surface area (Å²) in [7, 11) is 0. The molecule has 0 rings (SSSR count). The molecule has 0 aromatic carbocycles. The zero-order valence-corrected chi connectivity index (χ0v) is 5.19. The molecule has 0 saturated heterocycles. The summed E-state index contributed by atoms with van der Waals surface area (Å²) in [6, 6.07) is -1.33. The fourth-order valence-electron chi connectivity index (χ4n) is 0. The molecule has 0 fully saturated rings. The zero-order valence-electron chi connectivity index (χ0n) is 5.19. The van der Waals surface area contributed by atoms with Crippen molar-refractivity contribution in [3.05, 3.63) is 0 Å². The van der Waals surface area contributed by atoms with Crippen molar-refractivity contribution in [2.24, 2.45) is 0 Å². The Kier molecular flexibility index (Phi) is 20.5. The molecule has 0 saturated carbocycles. The van der Waals surface area contributed by atoms with Gasteiger partial charge in [0.05, 0.1) is 0 Å². The van der Waals surface area contributed by atoms with E-state index in [0.717, 1.165) is 6.92 Å². The summed E-state index contributed by atoms with van der Waals surface area (Å²) >= 11 is 0. The van der Waals surface area contributed by atoms with Gasteiger partial charge in [-0.1, -0.05) is 0 Å². The van der Waals surface area contributed by atoms with Crippen LogP contribution in [0.1, 0.15) is 20.8 Å². The van der Waals surface area contributed by atoms with E-state index in [2.05, 4.69) is 0 Å². The molecule has 0 unspecified atom stereocenters. The number of halogens is 1. The number of carbonyl (C=O) groups is 2. The summed E-state index contributed by atoms with van der Waals surface area (Å²) in [5.74, 6) is 0.167. The zero-order chi connectivity index (χ0) is 7.15. The van der Waals surface area contributed by atoms with Crippen molar-refractivity contribution < 1.29 is 14.0 Å². The Morgan fingerprint density at radius 2 is 1.11 bits per heavy atom. The van der Waals surface area contributed by atoms with Crippen molar-refractivity contribution in [3.63, 3.8) is 0 Å². The number of ketones is 1. The predicted molar refractivity (Wildman–Crippen MR) is 36.7 cm³/mol. The van der Waals surface area contributed by atoms with Gasteiger partial charge in [-0.15, -0.1) is 0 Å². The molecule has 0 aliphatic rings. The molecule has 0 aromatic heterocycles. The van der Waals surface area contributed by atoms with Gasteiger partial charge in [0.25, 0.3) is 6.04 Å². The van der Waals surface area contributed by atoms with E-state index in [1.54, 1.807) is 0 Å². The van der Waals surface area contributed by atoms with Crippen LogP contribution in [0.15, 0.2) is 0 Å². The summed E-state index contributed by atoms with van der Waals surface area (Å²) in [4.78, 5) is 18.2. The first-order valence-electron chi connectivity index (χ1n) is 2.10. The fraction of sp³-hybridized carbons (Fsp3) is 0.600. The van der Waals surface area contributed by atoms with Gasteiger partial charge in [-0.05, 0) is 13.8 Å². The molecule has 52 valence electrons. The van der Waals surface area contributed by atoms with Gasteiger partial charge in [0.1, 0.15) is 5.78 Å². The number of carbonyl (C=O) groups excluding carboxylic acids is 2. The van der Waals surface area contributed by atoms with Crippen molar-refractivity contribution in [3.8, 4) is 0 Å². The van der Waals surface area contributed by atoms with E-state index < -0.39 is 6.04 Å². The summed E-state index contributed by atoms with van der Waals surface area (Å²) in [6.45, 7) is 3.92. The summed E-state index contributed by atoms with van der Waals surface area (Å²) in [5, 5.41) is 0. The van der Waals surface area contributed by atoms with Crippen LogP contribution in [-0.4, -0.2) is 49.6 Å². The third-order valence-electron chi connectivity index (χ3n) is 0. The molecular weight excluding hydrogens is 151 g/mol. The molecular formula is C5H11CaFO2. The van der Waals surface area contributed by atoms with E-state index in [-0.39, 0.29) is 43.5 Å². The van der Waals surface area contributed by atoms with Crippen LogP contribution < -0.4 is 0 Å². The van der Waals surface area contributed by atoms with E-state index in [9.17, 15) is 9.18 Å². The average Bonchev–Trinajstić information content (AvgIpc) is 1.25. The monoisotopic (exact) mass is 162 g/mol. The number of rotatable bonds is 0. The molecule has 9 heavy (non-hydrogen) atoms. The Morgan fingerprint density at radius 1 is 1.11 bits per heavy atom. The molecule has 0 atom stereocenters. The average molecular weight is 162 g/mol. The molecule has 0 aliphatic carbocycles. The van der Waals surface area contributed by atoms with Crippen molar-refractivity contribution in [2.75, 3.05) is 0 Å². The van der Waals surface area contributed by atoms with Crippen LogP contribution in [0.25, 0.3) is 0 Å².